The van der Waals surface area contributed by atoms with Gasteiger partial charge in [-0.05, 0) is 24.0 Å². The first-order chi connectivity index (χ1) is 8.17. The van der Waals surface area contributed by atoms with Crippen LogP contribution in [0.4, 0.5) is 0 Å². The van der Waals surface area contributed by atoms with Gasteiger partial charge in [0.15, 0.2) is 0 Å². The van der Waals surface area contributed by atoms with E-state index in [0.29, 0.717) is 6.54 Å². The summed E-state index contributed by atoms with van der Waals surface area (Å²) in [7, 11) is 1.52. The number of benzene rings is 1. The van der Waals surface area contributed by atoms with Gasteiger partial charge in [-0.3, -0.25) is 4.79 Å². The van der Waals surface area contributed by atoms with Gasteiger partial charge in [-0.15, -0.1) is 11.8 Å². The number of hydrogen-bond acceptors (Lipinski definition) is 4. The minimum Gasteiger partial charge on any atom is -0.383 e. The minimum atomic E-state index is -0.606. The van der Waals surface area contributed by atoms with E-state index >= 15 is 0 Å². The Morgan fingerprint density at radius 1 is 1.47 bits per heavy atom. The van der Waals surface area contributed by atoms with E-state index in [2.05, 4.69) is 5.32 Å². The first-order valence-corrected chi connectivity index (χ1v) is 6.55. The Labute approximate surface area is 106 Å². The average molecular weight is 254 g/mol. The molecular weight excluding hydrogens is 236 g/mol. The number of ether oxygens (including phenoxy) is 1. The van der Waals surface area contributed by atoms with Gasteiger partial charge >= 0.3 is 0 Å². The van der Waals surface area contributed by atoms with Gasteiger partial charge in [-0.2, -0.15) is 0 Å². The zero-order valence-corrected chi connectivity index (χ0v) is 10.9. The second-order valence-electron chi connectivity index (χ2n) is 3.63. The molecular formula is C12H18N2O2S. The van der Waals surface area contributed by atoms with E-state index in [-0.39, 0.29) is 12.5 Å². The summed E-state index contributed by atoms with van der Waals surface area (Å²) >= 11 is 1.69. The van der Waals surface area contributed by atoms with Crippen LogP contribution in [-0.4, -0.2) is 31.9 Å². The number of amides is 1. The molecule has 3 N–H and O–H groups in total. The third-order valence-corrected chi connectivity index (χ3v) is 3.05. The van der Waals surface area contributed by atoms with Crippen molar-refractivity contribution in [3.8, 4) is 0 Å². The highest BCUT2D eigenvalue weighted by atomic mass is 32.2. The maximum atomic E-state index is 11.5. The van der Waals surface area contributed by atoms with Crippen LogP contribution in [0.1, 0.15) is 5.56 Å². The zero-order valence-electron chi connectivity index (χ0n) is 10.1. The van der Waals surface area contributed by atoms with E-state index in [1.807, 2.05) is 30.5 Å². The maximum Gasteiger partial charge on any atom is 0.239 e. The van der Waals surface area contributed by atoms with Crippen molar-refractivity contribution in [2.24, 2.45) is 5.73 Å². The van der Waals surface area contributed by atoms with Crippen molar-refractivity contribution in [3.05, 3.63) is 29.8 Å². The molecule has 0 radical (unpaired) electrons. The van der Waals surface area contributed by atoms with E-state index < -0.39 is 6.04 Å². The Kier molecular flexibility index (Phi) is 6.04. The predicted octanol–water partition coefficient (Wildman–Crippen LogP) is 0.998. The van der Waals surface area contributed by atoms with E-state index in [4.69, 9.17) is 10.5 Å². The van der Waals surface area contributed by atoms with Gasteiger partial charge in [0.05, 0.1) is 6.61 Å². The second kappa shape index (κ2) is 7.32. The Morgan fingerprint density at radius 2 is 2.12 bits per heavy atom. The summed E-state index contributed by atoms with van der Waals surface area (Å²) in [6, 6.07) is 7.44. The average Bonchev–Trinajstić information content (AvgIpc) is 2.36. The van der Waals surface area contributed by atoms with Gasteiger partial charge in [0, 0.05) is 18.6 Å². The highest BCUT2D eigenvalue weighted by Crippen LogP contribution is 2.14. The fourth-order valence-electron chi connectivity index (χ4n) is 1.32. The van der Waals surface area contributed by atoms with Crippen molar-refractivity contribution in [2.45, 2.75) is 17.5 Å². The summed E-state index contributed by atoms with van der Waals surface area (Å²) in [5.41, 5.74) is 6.65. The molecule has 1 atom stereocenters. The fourth-order valence-corrected chi connectivity index (χ4v) is 1.73. The minimum absolute atomic E-state index is 0.194. The Hall–Kier alpha value is -1.04. The molecule has 0 aliphatic rings. The van der Waals surface area contributed by atoms with Crippen LogP contribution >= 0.6 is 11.8 Å². The van der Waals surface area contributed by atoms with Gasteiger partial charge in [0.2, 0.25) is 5.91 Å². The smallest absolute Gasteiger partial charge is 0.239 e. The van der Waals surface area contributed by atoms with E-state index in [9.17, 15) is 4.79 Å². The van der Waals surface area contributed by atoms with E-state index in [1.54, 1.807) is 11.8 Å². The van der Waals surface area contributed by atoms with E-state index in [0.717, 1.165) is 5.56 Å². The molecule has 0 saturated heterocycles. The molecule has 0 saturated carbocycles. The van der Waals surface area contributed by atoms with Crippen LogP contribution in [-0.2, 0) is 16.1 Å². The number of carbonyl (C=O) groups is 1. The number of carbonyl (C=O) groups excluding carboxylic acids is 1. The van der Waals surface area contributed by atoms with Crippen LogP contribution in [0.25, 0.3) is 0 Å². The molecule has 1 rings (SSSR count). The van der Waals surface area contributed by atoms with Crippen LogP contribution in [0.2, 0.25) is 0 Å². The Morgan fingerprint density at radius 3 is 2.65 bits per heavy atom. The van der Waals surface area contributed by atoms with Crippen molar-refractivity contribution in [1.82, 2.24) is 5.32 Å². The number of methoxy groups -OCH3 is 1. The number of thioether (sulfide) groups is 1. The van der Waals surface area contributed by atoms with Gasteiger partial charge in [-0.25, -0.2) is 0 Å². The van der Waals surface area contributed by atoms with Crippen LogP contribution in [0.3, 0.4) is 0 Å². The summed E-state index contributed by atoms with van der Waals surface area (Å²) in [5, 5.41) is 2.77. The third-order valence-electron chi connectivity index (χ3n) is 2.31. The summed E-state index contributed by atoms with van der Waals surface area (Å²) in [4.78, 5) is 12.7. The second-order valence-corrected chi connectivity index (χ2v) is 4.51. The first kappa shape index (κ1) is 14.0. The third kappa shape index (κ3) is 4.77. The molecule has 0 aliphatic carbocycles. The standard InChI is InChI=1S/C12H18N2O2S/c1-16-8-11(13)12(15)14-7-9-3-5-10(17-2)6-4-9/h3-6,11H,7-8,13H2,1-2H3,(H,14,15). The molecule has 0 bridgehead atoms. The van der Waals surface area contributed by atoms with Gasteiger partial charge in [-0.1, -0.05) is 12.1 Å². The highest BCUT2D eigenvalue weighted by Gasteiger charge is 2.11. The SMILES string of the molecule is COCC(N)C(=O)NCc1ccc(SC)cc1. The molecule has 0 fully saturated rings. The molecule has 5 heteroatoms. The van der Waals surface area contributed by atoms with Crippen LogP contribution < -0.4 is 11.1 Å². The highest BCUT2D eigenvalue weighted by molar-refractivity contribution is 7.98. The quantitative estimate of drug-likeness (QED) is 0.743. The summed E-state index contributed by atoms with van der Waals surface area (Å²) in [6.45, 7) is 0.724. The first-order valence-electron chi connectivity index (χ1n) is 5.32. The zero-order chi connectivity index (χ0) is 12.7. The fraction of sp³-hybridized carbons (Fsp3) is 0.417. The summed E-state index contributed by atoms with van der Waals surface area (Å²) in [5.74, 6) is -0.194. The van der Waals surface area contributed by atoms with Crippen LogP contribution in [0.5, 0.6) is 0 Å². The molecule has 94 valence electrons. The molecule has 1 aromatic rings. The van der Waals surface area contributed by atoms with Crippen LogP contribution in [0.15, 0.2) is 29.2 Å². The van der Waals surface area contributed by atoms with Gasteiger partial charge in [0.25, 0.3) is 0 Å². The van der Waals surface area contributed by atoms with Crippen molar-refractivity contribution in [3.63, 3.8) is 0 Å². The van der Waals surface area contributed by atoms with Crippen LogP contribution in [0, 0.1) is 0 Å². The number of nitrogens with one attached hydrogen (secondary N) is 1. The lowest BCUT2D eigenvalue weighted by Gasteiger charge is -2.11. The predicted molar refractivity (Wildman–Crippen MR) is 69.9 cm³/mol. The molecule has 0 aromatic heterocycles. The molecule has 0 heterocycles. The normalized spacial score (nSPS) is 12.2. The molecule has 1 amide bonds. The van der Waals surface area contributed by atoms with Crippen molar-refractivity contribution >= 4 is 17.7 Å². The summed E-state index contributed by atoms with van der Waals surface area (Å²) < 4.78 is 4.82. The molecule has 17 heavy (non-hydrogen) atoms. The van der Waals surface area contributed by atoms with Gasteiger partial charge in [0.1, 0.15) is 6.04 Å². The van der Waals surface area contributed by atoms with Crippen molar-refractivity contribution < 1.29 is 9.53 Å². The summed E-state index contributed by atoms with van der Waals surface area (Å²) in [6.07, 6.45) is 2.03. The number of hydrogen-bond donors (Lipinski definition) is 2. The number of nitrogens with two attached hydrogens (primary N) is 1. The largest absolute Gasteiger partial charge is 0.383 e. The lowest BCUT2D eigenvalue weighted by atomic mass is 10.2. The topological polar surface area (TPSA) is 64.3 Å². The lowest BCUT2D eigenvalue weighted by Crippen LogP contribution is -2.43. The molecule has 1 aromatic carbocycles. The van der Waals surface area contributed by atoms with Crippen molar-refractivity contribution in [1.29, 1.82) is 0 Å². The molecule has 0 aliphatic heterocycles. The molecule has 1 unspecified atom stereocenters. The molecule has 4 nitrogen and oxygen atoms in total. The maximum absolute atomic E-state index is 11.5. The molecule has 0 spiro atoms. The number of rotatable bonds is 6. The van der Waals surface area contributed by atoms with Gasteiger partial charge < -0.3 is 15.8 Å². The van der Waals surface area contributed by atoms with Crippen molar-refractivity contribution in [2.75, 3.05) is 20.0 Å². The Bertz CT molecular complexity index is 354. The monoisotopic (exact) mass is 254 g/mol. The lowest BCUT2D eigenvalue weighted by molar-refractivity contribution is -0.123. The Balaban J connectivity index is 2.41. The van der Waals surface area contributed by atoms with E-state index in [1.165, 1.54) is 12.0 Å².